The molecule has 1 aliphatic heterocycles. The smallest absolute Gasteiger partial charge is 0.320 e. The van der Waals surface area contributed by atoms with E-state index >= 15 is 0 Å². The van der Waals surface area contributed by atoms with Gasteiger partial charge in [0.25, 0.3) is 0 Å². The van der Waals surface area contributed by atoms with Gasteiger partial charge in [0.2, 0.25) is 5.75 Å². The van der Waals surface area contributed by atoms with Crippen LogP contribution in [-0.2, 0) is 4.79 Å². The molecule has 4 rings (SSSR count). The van der Waals surface area contributed by atoms with Crippen LogP contribution < -0.4 is 14.2 Å². The summed E-state index contributed by atoms with van der Waals surface area (Å²) in [6, 6.07) is 10.8. The molecule has 0 aliphatic carbocycles. The van der Waals surface area contributed by atoms with Crippen LogP contribution in [-0.4, -0.2) is 54.9 Å². The van der Waals surface area contributed by atoms with Crippen molar-refractivity contribution in [2.24, 2.45) is 0 Å². The third-order valence-electron chi connectivity index (χ3n) is 5.71. The molecule has 0 spiro atoms. The van der Waals surface area contributed by atoms with Crippen molar-refractivity contribution in [3.63, 3.8) is 0 Å². The van der Waals surface area contributed by atoms with Gasteiger partial charge < -0.3 is 19.3 Å². The number of carboxylic acid groups (broad SMARTS) is 1. The highest BCUT2D eigenvalue weighted by Gasteiger charge is 2.37. The van der Waals surface area contributed by atoms with Gasteiger partial charge in [-0.15, -0.1) is 11.3 Å². The summed E-state index contributed by atoms with van der Waals surface area (Å²) >= 11 is 1.59. The van der Waals surface area contributed by atoms with E-state index in [1.54, 1.807) is 32.7 Å². The number of thiazole rings is 1. The fraction of sp³-hybridized carbons (Fsp3) is 0.391. The summed E-state index contributed by atoms with van der Waals surface area (Å²) in [7, 11) is 4.72. The Kier molecular flexibility index (Phi) is 6.29. The maximum Gasteiger partial charge on any atom is 0.320 e. The second-order valence-corrected chi connectivity index (χ2v) is 8.53. The molecule has 1 fully saturated rings. The maximum absolute atomic E-state index is 12.1. The average Bonchev–Trinajstić information content (AvgIpc) is 3.22. The third kappa shape index (κ3) is 4.05. The Morgan fingerprint density at radius 3 is 2.45 bits per heavy atom. The number of aliphatic carboxylic acids is 1. The highest BCUT2D eigenvalue weighted by molar-refractivity contribution is 7.18. The Morgan fingerprint density at radius 2 is 1.84 bits per heavy atom. The Morgan fingerprint density at radius 1 is 1.13 bits per heavy atom. The van der Waals surface area contributed by atoms with Gasteiger partial charge in [-0.2, -0.15) is 0 Å². The van der Waals surface area contributed by atoms with E-state index < -0.39 is 12.0 Å². The predicted octanol–water partition coefficient (Wildman–Crippen LogP) is 4.35. The van der Waals surface area contributed by atoms with Crippen LogP contribution in [0.25, 0.3) is 10.2 Å². The van der Waals surface area contributed by atoms with Gasteiger partial charge in [0, 0.05) is 6.54 Å². The van der Waals surface area contributed by atoms with Crippen molar-refractivity contribution in [1.29, 1.82) is 0 Å². The summed E-state index contributed by atoms with van der Waals surface area (Å²) in [6.07, 6.45) is 2.45. The molecule has 2 heterocycles. The number of fused-ring (bicyclic) bond motifs is 1. The molecule has 2 unspecified atom stereocenters. The summed E-state index contributed by atoms with van der Waals surface area (Å²) in [4.78, 5) is 19.1. The van der Waals surface area contributed by atoms with E-state index in [0.717, 1.165) is 33.6 Å². The van der Waals surface area contributed by atoms with Gasteiger partial charge in [-0.1, -0.05) is 18.6 Å². The van der Waals surface area contributed by atoms with Crippen LogP contribution in [0.2, 0.25) is 0 Å². The largest absolute Gasteiger partial charge is 0.493 e. The minimum absolute atomic E-state index is 0.340. The van der Waals surface area contributed by atoms with Gasteiger partial charge in [-0.05, 0) is 42.7 Å². The van der Waals surface area contributed by atoms with Crippen LogP contribution in [0.3, 0.4) is 0 Å². The summed E-state index contributed by atoms with van der Waals surface area (Å²) in [5, 5.41) is 10.8. The van der Waals surface area contributed by atoms with E-state index in [1.807, 2.05) is 41.3 Å². The lowest BCUT2D eigenvalue weighted by Crippen LogP contribution is -2.46. The Hall–Kier alpha value is -2.84. The molecular weight excluding hydrogens is 416 g/mol. The van der Waals surface area contributed by atoms with E-state index in [1.165, 1.54) is 0 Å². The standard InChI is InChI=1S/C23H26N2O5S/c1-28-17-12-14(13-18(29-2)21(17)30-3)20(25-11-7-6-9-16(25)23(26)27)22-24-15-8-4-5-10-19(15)31-22/h4-5,8,10,12-13,16,20H,6-7,9,11H2,1-3H3,(H,26,27). The van der Waals surface area contributed by atoms with E-state index in [0.29, 0.717) is 30.2 Å². The lowest BCUT2D eigenvalue weighted by Gasteiger charge is -2.38. The number of carbonyl (C=O) groups is 1. The Bertz CT molecular complexity index is 1020. The molecule has 1 saturated heterocycles. The van der Waals surface area contributed by atoms with Crippen molar-refractivity contribution in [2.45, 2.75) is 31.3 Å². The van der Waals surface area contributed by atoms with E-state index in [4.69, 9.17) is 19.2 Å². The third-order valence-corrected chi connectivity index (χ3v) is 6.80. The fourth-order valence-corrected chi connectivity index (χ4v) is 5.39. The number of rotatable bonds is 7. The van der Waals surface area contributed by atoms with Crippen molar-refractivity contribution in [1.82, 2.24) is 9.88 Å². The Labute approximate surface area is 185 Å². The van der Waals surface area contributed by atoms with Crippen molar-refractivity contribution >= 4 is 27.5 Å². The van der Waals surface area contributed by atoms with Crippen molar-refractivity contribution < 1.29 is 24.1 Å². The first-order chi connectivity index (χ1) is 15.1. The normalized spacial score (nSPS) is 18.0. The Balaban J connectivity index is 1.91. The zero-order valence-electron chi connectivity index (χ0n) is 17.8. The molecule has 1 N–H and O–H groups in total. The molecule has 0 saturated carbocycles. The number of hydrogen-bond donors (Lipinski definition) is 1. The van der Waals surface area contributed by atoms with Gasteiger partial charge in [-0.25, -0.2) is 4.98 Å². The zero-order valence-corrected chi connectivity index (χ0v) is 18.6. The summed E-state index contributed by atoms with van der Waals surface area (Å²) in [6.45, 7) is 0.675. The first kappa shape index (κ1) is 21.4. The fourth-order valence-electron chi connectivity index (χ4n) is 4.27. The van der Waals surface area contributed by atoms with Gasteiger partial charge >= 0.3 is 5.97 Å². The lowest BCUT2D eigenvalue weighted by molar-refractivity contribution is -0.145. The number of aromatic nitrogens is 1. The molecule has 31 heavy (non-hydrogen) atoms. The van der Waals surface area contributed by atoms with E-state index in [2.05, 4.69) is 0 Å². The van der Waals surface area contributed by atoms with Crippen LogP contribution in [0.1, 0.15) is 35.9 Å². The molecule has 7 nitrogen and oxygen atoms in total. The second kappa shape index (κ2) is 9.11. The molecule has 8 heteroatoms. The monoisotopic (exact) mass is 442 g/mol. The summed E-state index contributed by atoms with van der Waals surface area (Å²) < 4.78 is 17.7. The average molecular weight is 443 g/mol. The molecule has 2 atom stereocenters. The number of likely N-dealkylation sites (tertiary alicyclic amines) is 1. The van der Waals surface area contributed by atoms with E-state index in [-0.39, 0.29) is 6.04 Å². The van der Waals surface area contributed by atoms with Crippen molar-refractivity contribution in [3.8, 4) is 17.2 Å². The van der Waals surface area contributed by atoms with Crippen LogP contribution in [0, 0.1) is 0 Å². The number of nitrogens with zero attached hydrogens (tertiary/aromatic N) is 2. The highest BCUT2D eigenvalue weighted by atomic mass is 32.1. The highest BCUT2D eigenvalue weighted by Crippen LogP contribution is 2.44. The molecule has 0 amide bonds. The minimum Gasteiger partial charge on any atom is -0.493 e. The number of ether oxygens (including phenoxy) is 3. The number of benzene rings is 2. The molecule has 0 bridgehead atoms. The number of carboxylic acids is 1. The maximum atomic E-state index is 12.1. The molecular formula is C23H26N2O5S. The number of piperidine rings is 1. The number of hydrogen-bond acceptors (Lipinski definition) is 7. The quantitative estimate of drug-likeness (QED) is 0.583. The summed E-state index contributed by atoms with van der Waals surface area (Å²) in [5.74, 6) is 0.766. The predicted molar refractivity (Wildman–Crippen MR) is 120 cm³/mol. The van der Waals surface area contributed by atoms with Gasteiger partial charge in [0.05, 0.1) is 37.6 Å². The van der Waals surface area contributed by atoms with E-state index in [9.17, 15) is 9.90 Å². The molecule has 164 valence electrons. The van der Waals surface area contributed by atoms with Crippen molar-refractivity contribution in [2.75, 3.05) is 27.9 Å². The van der Waals surface area contributed by atoms with Crippen LogP contribution in [0.4, 0.5) is 0 Å². The van der Waals surface area contributed by atoms with Crippen LogP contribution in [0.15, 0.2) is 36.4 Å². The second-order valence-electron chi connectivity index (χ2n) is 7.47. The first-order valence-electron chi connectivity index (χ1n) is 10.2. The number of methoxy groups -OCH3 is 3. The number of para-hydroxylation sites is 1. The van der Waals surface area contributed by atoms with Crippen molar-refractivity contribution in [3.05, 3.63) is 47.0 Å². The SMILES string of the molecule is COc1cc(C(c2nc3ccccc3s2)N2CCCCC2C(=O)O)cc(OC)c1OC. The molecule has 1 aromatic heterocycles. The minimum atomic E-state index is -0.807. The molecule has 3 aromatic rings. The molecule has 2 aromatic carbocycles. The van der Waals surface area contributed by atoms with Crippen LogP contribution >= 0.6 is 11.3 Å². The van der Waals surface area contributed by atoms with Gasteiger partial charge in [0.1, 0.15) is 11.0 Å². The topological polar surface area (TPSA) is 81.1 Å². The molecule has 0 radical (unpaired) electrons. The molecule has 1 aliphatic rings. The zero-order chi connectivity index (χ0) is 22.0. The van der Waals surface area contributed by atoms with Gasteiger partial charge in [0.15, 0.2) is 11.5 Å². The van der Waals surface area contributed by atoms with Crippen LogP contribution in [0.5, 0.6) is 17.2 Å². The lowest BCUT2D eigenvalue weighted by atomic mass is 9.96. The van der Waals surface area contributed by atoms with Gasteiger partial charge in [-0.3, -0.25) is 9.69 Å². The summed E-state index contributed by atoms with van der Waals surface area (Å²) in [5.41, 5.74) is 1.77. The first-order valence-corrected chi connectivity index (χ1v) is 11.0.